The average Bonchev–Trinajstić information content (AvgIpc) is 3.80. The molecule has 0 atom stereocenters. The van der Waals surface area contributed by atoms with Crippen molar-refractivity contribution in [1.82, 2.24) is 24.1 Å². The Balaban J connectivity index is 1.30. The highest BCUT2D eigenvalue weighted by Crippen LogP contribution is 2.42. The van der Waals surface area contributed by atoms with Gasteiger partial charge in [-0.25, -0.2) is 4.98 Å². The summed E-state index contributed by atoms with van der Waals surface area (Å²) < 4.78 is 4.76. The van der Waals surface area contributed by atoms with Crippen LogP contribution in [0.4, 0.5) is 0 Å². The zero-order valence-corrected chi connectivity index (χ0v) is 33.1. The minimum Gasteiger partial charge on any atom is -0.307 e. The molecule has 5 heteroatoms. The summed E-state index contributed by atoms with van der Waals surface area (Å²) in [5.74, 6) is 1.87. The Labute approximate surface area is 339 Å². The van der Waals surface area contributed by atoms with E-state index in [1.54, 1.807) is 0 Å². The molecule has 10 rings (SSSR count). The first-order valence-electron chi connectivity index (χ1n) is 20.7. The van der Waals surface area contributed by atoms with Crippen LogP contribution >= 0.6 is 0 Å². The monoisotopic (exact) mass is 751 g/mol. The predicted octanol–water partition coefficient (Wildman–Crippen LogP) is 13.8. The lowest BCUT2D eigenvalue weighted by Gasteiger charge is -2.13. The molecule has 0 saturated carbocycles. The summed E-state index contributed by atoms with van der Waals surface area (Å²) in [6.45, 7) is 4.52. The van der Waals surface area contributed by atoms with Gasteiger partial charge in [0.05, 0.1) is 22.1 Å². The number of rotatable bonds is 11. The third-order valence-electron chi connectivity index (χ3n) is 11.5. The van der Waals surface area contributed by atoms with Crippen LogP contribution in [0, 0.1) is 0 Å². The van der Waals surface area contributed by atoms with Crippen molar-refractivity contribution in [3.05, 3.63) is 175 Å². The molecule has 0 unspecified atom stereocenters. The Bertz CT molecular complexity index is 3050. The summed E-state index contributed by atoms with van der Waals surface area (Å²) >= 11 is 0. The SMILES string of the molecule is CCCCc1ccc2c(c1)c1ccc3c4cc(CCCC)ccc4n(-c4nc(-c5ccccc5)nc(-c5ccc(-c6ccccc6)cc5)n4)c3c1n2-c1ccccc1. The van der Waals surface area contributed by atoms with E-state index in [0.717, 1.165) is 64.6 Å². The van der Waals surface area contributed by atoms with E-state index in [-0.39, 0.29) is 0 Å². The van der Waals surface area contributed by atoms with Gasteiger partial charge in [-0.05, 0) is 84.3 Å². The molecule has 0 aliphatic carbocycles. The Morgan fingerprint density at radius 3 is 1.40 bits per heavy atom. The van der Waals surface area contributed by atoms with Crippen LogP contribution in [0.3, 0.4) is 0 Å². The van der Waals surface area contributed by atoms with Crippen LogP contribution in [0.5, 0.6) is 0 Å². The van der Waals surface area contributed by atoms with Crippen LogP contribution < -0.4 is 0 Å². The van der Waals surface area contributed by atoms with Crippen LogP contribution in [-0.4, -0.2) is 24.1 Å². The molecule has 0 radical (unpaired) electrons. The average molecular weight is 752 g/mol. The summed E-state index contributed by atoms with van der Waals surface area (Å²) in [5.41, 5.74) is 12.5. The van der Waals surface area contributed by atoms with Crippen LogP contribution in [0.2, 0.25) is 0 Å². The Hall–Kier alpha value is -6.85. The number of unbranched alkanes of at least 4 members (excludes halogenated alkanes) is 2. The van der Waals surface area contributed by atoms with Gasteiger partial charge in [0, 0.05) is 38.4 Å². The van der Waals surface area contributed by atoms with Gasteiger partial charge >= 0.3 is 0 Å². The van der Waals surface area contributed by atoms with Crippen molar-refractivity contribution < 1.29 is 0 Å². The highest BCUT2D eigenvalue weighted by Gasteiger charge is 2.24. The highest BCUT2D eigenvalue weighted by atomic mass is 15.2. The van der Waals surface area contributed by atoms with Crippen molar-refractivity contribution in [3.8, 4) is 45.5 Å². The fraction of sp³-hybridized carbons (Fsp3) is 0.151. The number of aromatic nitrogens is 5. The summed E-state index contributed by atoms with van der Waals surface area (Å²) in [6, 6.07) is 58.8. The molecule has 10 aromatic rings. The third-order valence-corrected chi connectivity index (χ3v) is 11.5. The highest BCUT2D eigenvalue weighted by molar-refractivity contribution is 6.23. The van der Waals surface area contributed by atoms with Crippen LogP contribution in [-0.2, 0) is 12.8 Å². The fourth-order valence-electron chi connectivity index (χ4n) is 8.57. The summed E-state index contributed by atoms with van der Waals surface area (Å²) in [6.07, 6.45) is 6.75. The molecule has 0 aliphatic heterocycles. The molecule has 0 aliphatic rings. The zero-order chi connectivity index (χ0) is 39.0. The van der Waals surface area contributed by atoms with E-state index in [0.29, 0.717) is 17.6 Å². The van der Waals surface area contributed by atoms with Gasteiger partial charge in [-0.15, -0.1) is 0 Å². The van der Waals surface area contributed by atoms with Crippen molar-refractivity contribution in [2.75, 3.05) is 0 Å². The lowest BCUT2D eigenvalue weighted by Crippen LogP contribution is -2.07. The predicted molar refractivity (Wildman–Crippen MR) is 242 cm³/mol. The van der Waals surface area contributed by atoms with Crippen LogP contribution in [0.1, 0.15) is 50.7 Å². The van der Waals surface area contributed by atoms with E-state index in [2.05, 4.69) is 163 Å². The van der Waals surface area contributed by atoms with E-state index < -0.39 is 0 Å². The van der Waals surface area contributed by atoms with Crippen molar-refractivity contribution >= 4 is 43.6 Å². The molecular weight excluding hydrogens is 707 g/mol. The van der Waals surface area contributed by atoms with Crippen molar-refractivity contribution in [2.24, 2.45) is 0 Å². The largest absolute Gasteiger partial charge is 0.307 e. The summed E-state index contributed by atoms with van der Waals surface area (Å²) in [4.78, 5) is 15.9. The number of nitrogens with zero attached hydrogens (tertiary/aromatic N) is 5. The maximum atomic E-state index is 5.39. The van der Waals surface area contributed by atoms with Gasteiger partial charge in [0.2, 0.25) is 5.95 Å². The first-order valence-corrected chi connectivity index (χ1v) is 20.7. The normalized spacial score (nSPS) is 11.7. The number of fused-ring (bicyclic) bond motifs is 7. The Kier molecular flexibility index (Phi) is 9.34. The Morgan fingerprint density at radius 2 is 0.845 bits per heavy atom. The standard InChI is InChI=1S/C53H45N5/c1-3-5-16-36-24-32-47-45(34-36)43-30-31-44-46-35-37(17-6-4-2)25-33-48(46)58(50(44)49(43)57(47)42-22-14-9-15-23-42)53-55-51(40-20-12-8-13-21-40)54-52(56-53)41-28-26-39(27-29-41)38-18-10-7-11-19-38/h7-15,18-35H,3-6,16-17H2,1-2H3. The topological polar surface area (TPSA) is 48.5 Å². The fourth-order valence-corrected chi connectivity index (χ4v) is 8.57. The second-order valence-electron chi connectivity index (χ2n) is 15.4. The molecule has 7 aromatic carbocycles. The number of hydrogen-bond donors (Lipinski definition) is 0. The van der Waals surface area contributed by atoms with Crippen molar-refractivity contribution in [1.29, 1.82) is 0 Å². The minimum atomic E-state index is 0.596. The number of para-hydroxylation sites is 1. The van der Waals surface area contributed by atoms with Crippen LogP contribution in [0.25, 0.3) is 89.2 Å². The molecule has 0 spiro atoms. The van der Waals surface area contributed by atoms with Gasteiger partial charge in [-0.1, -0.05) is 154 Å². The van der Waals surface area contributed by atoms with Gasteiger partial charge in [0.1, 0.15) is 0 Å². The van der Waals surface area contributed by atoms with Crippen molar-refractivity contribution in [2.45, 2.75) is 52.4 Å². The van der Waals surface area contributed by atoms with Gasteiger partial charge in [0.15, 0.2) is 11.6 Å². The summed E-state index contributed by atoms with van der Waals surface area (Å²) in [5, 5.41) is 4.86. The molecule has 0 amide bonds. The maximum Gasteiger partial charge on any atom is 0.238 e. The second kappa shape index (κ2) is 15.2. The van der Waals surface area contributed by atoms with E-state index in [4.69, 9.17) is 15.0 Å². The number of benzene rings is 7. The molecule has 3 aromatic heterocycles. The first-order chi connectivity index (χ1) is 28.7. The number of aryl methyl sites for hydroxylation is 2. The molecule has 0 saturated heterocycles. The zero-order valence-electron chi connectivity index (χ0n) is 33.1. The van der Waals surface area contributed by atoms with Crippen molar-refractivity contribution in [3.63, 3.8) is 0 Å². The molecule has 3 heterocycles. The van der Waals surface area contributed by atoms with Gasteiger partial charge in [0.25, 0.3) is 0 Å². The van der Waals surface area contributed by atoms with Gasteiger partial charge < -0.3 is 4.57 Å². The van der Waals surface area contributed by atoms with E-state index in [1.807, 2.05) is 24.3 Å². The van der Waals surface area contributed by atoms with E-state index >= 15 is 0 Å². The quantitative estimate of drug-likeness (QED) is 0.132. The summed E-state index contributed by atoms with van der Waals surface area (Å²) in [7, 11) is 0. The van der Waals surface area contributed by atoms with Gasteiger partial charge in [-0.3, -0.25) is 4.57 Å². The molecular formula is C53H45N5. The molecule has 0 N–H and O–H groups in total. The Morgan fingerprint density at radius 1 is 0.397 bits per heavy atom. The molecule has 0 bridgehead atoms. The van der Waals surface area contributed by atoms with E-state index in [1.165, 1.54) is 56.6 Å². The smallest absolute Gasteiger partial charge is 0.238 e. The van der Waals surface area contributed by atoms with Gasteiger partial charge in [-0.2, -0.15) is 9.97 Å². The molecule has 5 nitrogen and oxygen atoms in total. The third kappa shape index (κ3) is 6.33. The lowest BCUT2D eigenvalue weighted by molar-refractivity contribution is 0.796. The maximum absolute atomic E-state index is 5.39. The molecule has 282 valence electrons. The first kappa shape index (κ1) is 35.6. The minimum absolute atomic E-state index is 0.596. The van der Waals surface area contributed by atoms with E-state index in [9.17, 15) is 0 Å². The lowest BCUT2D eigenvalue weighted by atomic mass is 10.0. The number of hydrogen-bond acceptors (Lipinski definition) is 3. The van der Waals surface area contributed by atoms with Crippen LogP contribution in [0.15, 0.2) is 164 Å². The molecule has 58 heavy (non-hydrogen) atoms. The molecule has 0 fully saturated rings. The second-order valence-corrected chi connectivity index (χ2v) is 15.4.